The number of thioether (sulfide) groups is 1. The van der Waals surface area contributed by atoms with Gasteiger partial charge in [-0.15, -0.1) is 0 Å². The Kier molecular flexibility index (Phi) is 3.96. The van der Waals surface area contributed by atoms with Crippen LogP contribution in [0.1, 0.15) is 6.42 Å². The van der Waals surface area contributed by atoms with E-state index in [1.807, 2.05) is 37.0 Å². The van der Waals surface area contributed by atoms with Crippen molar-refractivity contribution in [2.24, 2.45) is 7.05 Å². The maximum Gasteiger partial charge on any atom is 0.161 e. The van der Waals surface area contributed by atoms with Crippen LogP contribution in [-0.2, 0) is 7.05 Å². The third kappa shape index (κ3) is 2.81. The van der Waals surface area contributed by atoms with Crippen molar-refractivity contribution in [3.63, 3.8) is 0 Å². The van der Waals surface area contributed by atoms with Crippen LogP contribution in [0, 0.1) is 0 Å². The highest BCUT2D eigenvalue weighted by molar-refractivity contribution is 7.99. The Bertz CT molecular complexity index is 636. The third-order valence-electron chi connectivity index (χ3n) is 3.64. The molecule has 1 unspecified atom stereocenters. The number of rotatable bonds is 4. The summed E-state index contributed by atoms with van der Waals surface area (Å²) in [5.74, 6) is 4.36. The van der Waals surface area contributed by atoms with Crippen molar-refractivity contribution in [3.05, 3.63) is 24.4 Å². The molecule has 0 amide bonds. The molecule has 1 aliphatic rings. The minimum absolute atomic E-state index is 0.276. The van der Waals surface area contributed by atoms with Crippen molar-refractivity contribution in [2.45, 2.75) is 12.5 Å². The topological polar surface area (TPSA) is 62.3 Å². The van der Waals surface area contributed by atoms with Gasteiger partial charge in [-0.25, -0.2) is 0 Å². The van der Waals surface area contributed by atoms with Gasteiger partial charge in [0.25, 0.3) is 0 Å². The minimum Gasteiger partial charge on any atom is -0.493 e. The number of nitrogen functional groups attached to an aromatic ring is 1. The van der Waals surface area contributed by atoms with Crippen LogP contribution in [0.3, 0.4) is 0 Å². The number of nitrogens with two attached hydrogens (primary N) is 1. The van der Waals surface area contributed by atoms with Crippen molar-refractivity contribution < 1.29 is 9.47 Å². The van der Waals surface area contributed by atoms with Gasteiger partial charge in [-0.2, -0.15) is 16.9 Å². The monoisotopic (exact) mass is 305 g/mol. The fourth-order valence-electron chi connectivity index (χ4n) is 2.39. The maximum absolute atomic E-state index is 6.03. The second kappa shape index (κ2) is 5.89. The lowest BCUT2D eigenvalue weighted by atomic mass is 10.1. The Morgan fingerprint density at radius 1 is 1.38 bits per heavy atom. The fraction of sp³-hybridized carbons (Fsp3) is 0.400. The lowest BCUT2D eigenvalue weighted by Gasteiger charge is -2.16. The summed E-state index contributed by atoms with van der Waals surface area (Å²) in [4.78, 5) is 0. The summed E-state index contributed by atoms with van der Waals surface area (Å²) in [6.07, 6.45) is 3.13. The normalized spacial score (nSPS) is 17.9. The first-order valence-electron chi connectivity index (χ1n) is 6.89. The number of aryl methyl sites for hydroxylation is 1. The highest BCUT2D eigenvalue weighted by atomic mass is 32.2. The zero-order valence-corrected chi connectivity index (χ0v) is 13.0. The first-order chi connectivity index (χ1) is 10.2. The lowest BCUT2D eigenvalue weighted by molar-refractivity contribution is 0.218. The Morgan fingerprint density at radius 3 is 2.86 bits per heavy atom. The third-order valence-corrected chi connectivity index (χ3v) is 4.77. The van der Waals surface area contributed by atoms with E-state index >= 15 is 0 Å². The van der Waals surface area contributed by atoms with Crippen molar-refractivity contribution >= 4 is 17.6 Å². The molecule has 2 N–H and O–H groups in total. The van der Waals surface area contributed by atoms with Gasteiger partial charge in [0.05, 0.1) is 13.3 Å². The molecule has 2 heterocycles. The summed E-state index contributed by atoms with van der Waals surface area (Å²) in [6.45, 7) is 0. The molecule has 1 aromatic carbocycles. The first-order valence-corrected chi connectivity index (χ1v) is 8.05. The quantitative estimate of drug-likeness (QED) is 0.940. The maximum atomic E-state index is 6.03. The van der Waals surface area contributed by atoms with E-state index in [0.717, 1.165) is 40.6 Å². The molecule has 3 rings (SSSR count). The van der Waals surface area contributed by atoms with E-state index in [4.69, 9.17) is 15.2 Å². The molecule has 0 radical (unpaired) electrons. The number of hydrogen-bond donors (Lipinski definition) is 1. The predicted molar refractivity (Wildman–Crippen MR) is 86.0 cm³/mol. The van der Waals surface area contributed by atoms with Crippen LogP contribution in [0.25, 0.3) is 11.1 Å². The van der Waals surface area contributed by atoms with Crippen LogP contribution < -0.4 is 15.2 Å². The van der Waals surface area contributed by atoms with Crippen LogP contribution in [0.15, 0.2) is 24.4 Å². The van der Waals surface area contributed by atoms with Crippen LogP contribution in [-0.4, -0.2) is 34.5 Å². The molecule has 112 valence electrons. The number of hydrogen-bond acceptors (Lipinski definition) is 5. The molecule has 21 heavy (non-hydrogen) atoms. The average Bonchev–Trinajstić information content (AvgIpc) is 3.11. The van der Waals surface area contributed by atoms with Crippen LogP contribution in [0.2, 0.25) is 0 Å². The predicted octanol–water partition coefficient (Wildman–Crippen LogP) is 2.56. The van der Waals surface area contributed by atoms with E-state index in [1.54, 1.807) is 18.0 Å². The van der Waals surface area contributed by atoms with E-state index in [0.29, 0.717) is 5.82 Å². The van der Waals surface area contributed by atoms with E-state index < -0.39 is 0 Å². The van der Waals surface area contributed by atoms with Crippen LogP contribution >= 0.6 is 11.8 Å². The SMILES string of the molecule is COc1cc(-c2cnn(C)c2N)ccc1OC1CCSC1. The van der Waals surface area contributed by atoms with Crippen LogP contribution in [0.4, 0.5) is 5.82 Å². The number of nitrogens with zero attached hydrogens (tertiary/aromatic N) is 2. The second-order valence-corrected chi connectivity index (χ2v) is 6.19. The summed E-state index contributed by atoms with van der Waals surface area (Å²) in [6, 6.07) is 5.89. The average molecular weight is 305 g/mol. The van der Waals surface area contributed by atoms with E-state index in [2.05, 4.69) is 5.10 Å². The molecular formula is C15H19N3O2S. The van der Waals surface area contributed by atoms with Gasteiger partial charge in [0, 0.05) is 18.4 Å². The summed E-state index contributed by atoms with van der Waals surface area (Å²) >= 11 is 1.93. The van der Waals surface area contributed by atoms with Crippen molar-refractivity contribution in [3.8, 4) is 22.6 Å². The standard InChI is InChI=1S/C15H19N3O2S/c1-18-15(16)12(8-17-18)10-3-4-13(14(7-10)19-2)20-11-5-6-21-9-11/h3-4,7-8,11H,5-6,9,16H2,1-2H3. The fourth-order valence-corrected chi connectivity index (χ4v) is 3.48. The second-order valence-electron chi connectivity index (χ2n) is 5.04. The van der Waals surface area contributed by atoms with E-state index in [9.17, 15) is 0 Å². The first kappa shape index (κ1) is 14.1. The van der Waals surface area contributed by atoms with Gasteiger partial charge in [0.1, 0.15) is 11.9 Å². The molecule has 0 bridgehead atoms. The molecule has 2 aromatic rings. The number of ether oxygens (including phenoxy) is 2. The van der Waals surface area contributed by atoms with Crippen LogP contribution in [0.5, 0.6) is 11.5 Å². The van der Waals surface area contributed by atoms with E-state index in [1.165, 1.54) is 0 Å². The van der Waals surface area contributed by atoms with Gasteiger partial charge in [0.2, 0.25) is 0 Å². The number of anilines is 1. The Balaban J connectivity index is 1.89. The molecule has 0 spiro atoms. The molecule has 1 atom stereocenters. The molecule has 6 heteroatoms. The van der Waals surface area contributed by atoms with Gasteiger partial charge < -0.3 is 15.2 Å². The molecule has 1 saturated heterocycles. The van der Waals surface area contributed by atoms with Crippen molar-refractivity contribution in [2.75, 3.05) is 24.3 Å². The molecular weight excluding hydrogens is 286 g/mol. The zero-order chi connectivity index (χ0) is 14.8. The molecule has 1 aromatic heterocycles. The minimum atomic E-state index is 0.276. The zero-order valence-electron chi connectivity index (χ0n) is 12.2. The van der Waals surface area contributed by atoms with Gasteiger partial charge in [-0.05, 0) is 29.9 Å². The summed E-state index contributed by atoms with van der Waals surface area (Å²) in [7, 11) is 3.48. The summed E-state index contributed by atoms with van der Waals surface area (Å²) in [5, 5.41) is 4.17. The number of methoxy groups -OCH3 is 1. The Labute approximate surface area is 128 Å². The smallest absolute Gasteiger partial charge is 0.161 e. The van der Waals surface area contributed by atoms with Crippen molar-refractivity contribution in [1.82, 2.24) is 9.78 Å². The van der Waals surface area contributed by atoms with Gasteiger partial charge in [-0.3, -0.25) is 4.68 Å². The molecule has 1 fully saturated rings. The molecule has 0 aliphatic carbocycles. The lowest BCUT2D eigenvalue weighted by Crippen LogP contribution is -2.15. The van der Waals surface area contributed by atoms with Gasteiger partial charge in [0.15, 0.2) is 11.5 Å². The summed E-state index contributed by atoms with van der Waals surface area (Å²) < 4.78 is 13.1. The Morgan fingerprint density at radius 2 is 2.24 bits per heavy atom. The van der Waals surface area contributed by atoms with Gasteiger partial charge in [-0.1, -0.05) is 6.07 Å². The summed E-state index contributed by atoms with van der Waals surface area (Å²) in [5.41, 5.74) is 7.90. The number of aromatic nitrogens is 2. The highest BCUT2D eigenvalue weighted by Crippen LogP contribution is 2.36. The molecule has 0 saturated carbocycles. The molecule has 5 nitrogen and oxygen atoms in total. The highest BCUT2D eigenvalue weighted by Gasteiger charge is 2.19. The van der Waals surface area contributed by atoms with E-state index in [-0.39, 0.29) is 6.10 Å². The van der Waals surface area contributed by atoms with Crippen molar-refractivity contribution in [1.29, 1.82) is 0 Å². The molecule has 1 aliphatic heterocycles. The Hall–Kier alpha value is -1.82. The van der Waals surface area contributed by atoms with Gasteiger partial charge >= 0.3 is 0 Å². The number of benzene rings is 1. The largest absolute Gasteiger partial charge is 0.493 e.